The fraction of sp³-hybridized carbons (Fsp3) is 0.600. The molecule has 0 aliphatic heterocycles. The molecule has 0 heterocycles. The van der Waals surface area contributed by atoms with Crippen LogP contribution in [0.15, 0.2) is 36.4 Å². The molecule has 1 saturated carbocycles. The number of aliphatic hydroxyl groups is 2. The molecular formula is C25H35NO4S. The van der Waals surface area contributed by atoms with Gasteiger partial charge in [0, 0.05) is 24.0 Å². The number of benzene rings is 1. The minimum absolute atomic E-state index is 0.0260. The van der Waals surface area contributed by atoms with E-state index >= 15 is 0 Å². The summed E-state index contributed by atoms with van der Waals surface area (Å²) in [6, 6.07) is 7.66. The predicted octanol–water partition coefficient (Wildman–Crippen LogP) is 5.21. The van der Waals surface area contributed by atoms with E-state index in [1.54, 1.807) is 0 Å². The van der Waals surface area contributed by atoms with Gasteiger partial charge in [0.05, 0.1) is 18.0 Å². The average molecular weight is 446 g/mol. The molecule has 1 aliphatic rings. The molecule has 0 bridgehead atoms. The summed E-state index contributed by atoms with van der Waals surface area (Å²) in [6.07, 6.45) is 9.41. The molecule has 1 aliphatic carbocycles. The van der Waals surface area contributed by atoms with Crippen LogP contribution in [0, 0.1) is 12.5 Å². The molecule has 0 spiro atoms. The zero-order valence-corrected chi connectivity index (χ0v) is 19.1. The third kappa shape index (κ3) is 7.99. The van der Waals surface area contributed by atoms with E-state index in [1.165, 1.54) is 24.6 Å². The maximum atomic E-state index is 10.7. The highest BCUT2D eigenvalue weighted by molar-refractivity contribution is 8.00. The fourth-order valence-corrected chi connectivity index (χ4v) is 4.99. The topological polar surface area (TPSA) is 82.1 Å². The molecule has 0 aromatic heterocycles. The minimum atomic E-state index is -0.819. The van der Waals surface area contributed by atoms with Crippen LogP contribution in [0.3, 0.4) is 0 Å². The van der Waals surface area contributed by atoms with E-state index in [0.717, 1.165) is 30.4 Å². The van der Waals surface area contributed by atoms with Crippen LogP contribution in [-0.4, -0.2) is 44.9 Å². The Bertz CT molecular complexity index is 743. The Balaban J connectivity index is 1.99. The minimum Gasteiger partial charge on any atom is -0.481 e. The number of carboxylic acids is 1. The predicted molar refractivity (Wildman–Crippen MR) is 126 cm³/mol. The van der Waals surface area contributed by atoms with Gasteiger partial charge in [0.15, 0.2) is 0 Å². The number of thioether (sulfide) groups is 1. The smallest absolute Gasteiger partial charge is 0.313 e. The molecular weight excluding hydrogens is 410 g/mol. The van der Waals surface area contributed by atoms with Gasteiger partial charge in [-0.25, -0.2) is 6.57 Å². The first-order valence-corrected chi connectivity index (χ1v) is 12.4. The Hall–Kier alpha value is -1.81. The third-order valence-corrected chi connectivity index (χ3v) is 6.95. The van der Waals surface area contributed by atoms with E-state index in [4.69, 9.17) is 11.7 Å². The van der Waals surface area contributed by atoms with Gasteiger partial charge in [-0.2, -0.15) is 0 Å². The molecule has 5 atom stereocenters. The molecule has 3 N–H and O–H groups in total. The number of aliphatic carboxylic acids is 1. The van der Waals surface area contributed by atoms with Gasteiger partial charge in [0.25, 0.3) is 0 Å². The van der Waals surface area contributed by atoms with Crippen molar-refractivity contribution in [3.05, 3.63) is 59.0 Å². The zero-order valence-electron chi connectivity index (χ0n) is 18.3. The van der Waals surface area contributed by atoms with Crippen LogP contribution in [0.1, 0.15) is 75.0 Å². The van der Waals surface area contributed by atoms with Crippen molar-refractivity contribution >= 4 is 17.7 Å². The van der Waals surface area contributed by atoms with Crippen molar-refractivity contribution in [1.82, 2.24) is 0 Å². The Labute approximate surface area is 190 Å². The highest BCUT2D eigenvalue weighted by Gasteiger charge is 2.46. The quantitative estimate of drug-likeness (QED) is 0.221. The van der Waals surface area contributed by atoms with Gasteiger partial charge in [-0.15, -0.1) is 11.8 Å². The van der Waals surface area contributed by atoms with Crippen molar-refractivity contribution < 1.29 is 20.1 Å². The van der Waals surface area contributed by atoms with Crippen molar-refractivity contribution in [3.8, 4) is 0 Å². The van der Waals surface area contributed by atoms with E-state index in [0.29, 0.717) is 18.6 Å². The van der Waals surface area contributed by atoms with E-state index in [9.17, 15) is 15.0 Å². The van der Waals surface area contributed by atoms with Crippen LogP contribution in [0.25, 0.3) is 4.85 Å². The summed E-state index contributed by atoms with van der Waals surface area (Å²) in [7, 11) is 0. The maximum absolute atomic E-state index is 10.7. The summed E-state index contributed by atoms with van der Waals surface area (Å²) < 4.78 is 0. The van der Waals surface area contributed by atoms with E-state index in [2.05, 4.69) is 11.8 Å². The molecule has 0 amide bonds. The van der Waals surface area contributed by atoms with Crippen LogP contribution in [0.4, 0.5) is 0 Å². The first kappa shape index (κ1) is 25.5. The number of hydrogen-bond donors (Lipinski definition) is 3. The molecule has 31 heavy (non-hydrogen) atoms. The van der Waals surface area contributed by atoms with Crippen molar-refractivity contribution in [3.63, 3.8) is 0 Å². The number of nitrogens with zero attached hydrogens (tertiary/aromatic N) is 1. The van der Waals surface area contributed by atoms with Crippen LogP contribution >= 0.6 is 11.8 Å². The summed E-state index contributed by atoms with van der Waals surface area (Å²) in [4.78, 5) is 14.3. The maximum Gasteiger partial charge on any atom is 0.313 e. The third-order valence-electron chi connectivity index (χ3n) is 6.07. The average Bonchev–Trinajstić information content (AvgIpc) is 3.08. The molecule has 6 heteroatoms. The first-order valence-electron chi connectivity index (χ1n) is 11.2. The molecule has 1 aromatic rings. The van der Waals surface area contributed by atoms with E-state index in [1.807, 2.05) is 36.4 Å². The molecule has 3 unspecified atom stereocenters. The van der Waals surface area contributed by atoms with Gasteiger partial charge in [0.2, 0.25) is 6.04 Å². The Morgan fingerprint density at radius 2 is 2.00 bits per heavy atom. The summed E-state index contributed by atoms with van der Waals surface area (Å²) in [6.45, 7) is 9.71. The number of hydrogen-bond acceptors (Lipinski definition) is 4. The monoisotopic (exact) mass is 445 g/mol. The lowest BCUT2D eigenvalue weighted by Gasteiger charge is -2.22. The van der Waals surface area contributed by atoms with E-state index in [-0.39, 0.29) is 23.6 Å². The number of rotatable bonds is 13. The molecule has 170 valence electrons. The number of allylic oxidation sites excluding steroid dienone is 1. The standard InChI is InChI=1S/C25H35NO4S/c1-3-4-5-6-10-22(27)18-11-13-19(14-12-18)25-20(21(26-2)16-23(25)28)9-7-8-15-31-17-24(29)30/h7-8,11-14,20-23,25,27-28H,3-6,9-10,15-17H2,1H3,(H,29,30)/b8-7-/t20?,21-,22?,23-,25?/m1/s1. The molecule has 5 nitrogen and oxygen atoms in total. The lowest BCUT2D eigenvalue weighted by atomic mass is 9.83. The van der Waals surface area contributed by atoms with Gasteiger partial charge < -0.3 is 20.2 Å². The lowest BCUT2D eigenvalue weighted by Crippen LogP contribution is -2.19. The Morgan fingerprint density at radius 3 is 2.65 bits per heavy atom. The molecule has 1 fully saturated rings. The Morgan fingerprint density at radius 1 is 1.26 bits per heavy atom. The van der Waals surface area contributed by atoms with Crippen LogP contribution in [0.5, 0.6) is 0 Å². The molecule has 0 saturated heterocycles. The van der Waals surface area contributed by atoms with Gasteiger partial charge in [0.1, 0.15) is 0 Å². The van der Waals surface area contributed by atoms with Gasteiger partial charge in [-0.05, 0) is 24.0 Å². The lowest BCUT2D eigenvalue weighted by molar-refractivity contribution is -0.133. The summed E-state index contributed by atoms with van der Waals surface area (Å²) in [5, 5.41) is 29.8. The van der Waals surface area contributed by atoms with Crippen molar-refractivity contribution in [2.24, 2.45) is 5.92 Å². The van der Waals surface area contributed by atoms with Crippen LogP contribution in [-0.2, 0) is 4.79 Å². The normalized spacial score (nSPS) is 24.3. The summed E-state index contributed by atoms with van der Waals surface area (Å²) >= 11 is 1.34. The molecule has 1 aromatic carbocycles. The zero-order chi connectivity index (χ0) is 22.6. The van der Waals surface area contributed by atoms with Crippen LogP contribution in [0.2, 0.25) is 0 Å². The highest BCUT2D eigenvalue weighted by Crippen LogP contribution is 2.44. The first-order chi connectivity index (χ1) is 15.0. The van der Waals surface area contributed by atoms with Crippen LogP contribution < -0.4 is 0 Å². The van der Waals surface area contributed by atoms with Crippen molar-refractivity contribution in [2.45, 2.75) is 76.0 Å². The number of unbranched alkanes of at least 4 members (excludes halogenated alkanes) is 3. The Kier molecular flexibility index (Phi) is 11.1. The second-order valence-electron chi connectivity index (χ2n) is 8.34. The summed E-state index contributed by atoms with van der Waals surface area (Å²) in [5.74, 6) is -0.194. The second-order valence-corrected chi connectivity index (χ2v) is 9.37. The number of carboxylic acid groups (broad SMARTS) is 1. The SMILES string of the molecule is [C-]#[N+][C@@H]1C[C@@H](O)C(c2ccc(C(O)CCCCCC)cc2)C1C/C=C\CSCC(=O)O. The second kappa shape index (κ2) is 13.6. The summed E-state index contributed by atoms with van der Waals surface area (Å²) in [5.41, 5.74) is 1.92. The van der Waals surface area contributed by atoms with Gasteiger partial charge >= 0.3 is 5.97 Å². The van der Waals surface area contributed by atoms with Gasteiger partial charge in [-0.3, -0.25) is 4.79 Å². The highest BCUT2D eigenvalue weighted by atomic mass is 32.2. The van der Waals surface area contributed by atoms with Crippen molar-refractivity contribution in [1.29, 1.82) is 0 Å². The molecule has 2 rings (SSSR count). The van der Waals surface area contributed by atoms with Gasteiger partial charge in [-0.1, -0.05) is 69.0 Å². The largest absolute Gasteiger partial charge is 0.481 e. The number of aliphatic hydroxyl groups excluding tert-OH is 2. The fourth-order valence-electron chi connectivity index (χ4n) is 4.42. The number of carbonyl (C=O) groups is 1. The van der Waals surface area contributed by atoms with Crippen molar-refractivity contribution in [2.75, 3.05) is 11.5 Å². The molecule has 0 radical (unpaired) electrons. The van der Waals surface area contributed by atoms with E-state index < -0.39 is 18.2 Å².